The van der Waals surface area contributed by atoms with Crippen molar-refractivity contribution in [2.75, 3.05) is 0 Å². The van der Waals surface area contributed by atoms with Gasteiger partial charge in [-0.25, -0.2) is 8.42 Å². The van der Waals surface area contributed by atoms with Crippen LogP contribution >= 0.6 is 0 Å². The van der Waals surface area contributed by atoms with Crippen molar-refractivity contribution in [2.24, 2.45) is 46.3 Å². The summed E-state index contributed by atoms with van der Waals surface area (Å²) in [4.78, 5) is 0. The Bertz CT molecular complexity index is 844. The van der Waals surface area contributed by atoms with Crippen LogP contribution in [0.1, 0.15) is 105 Å². The summed E-state index contributed by atoms with van der Waals surface area (Å²) in [7, 11) is -4.84. The lowest BCUT2D eigenvalue weighted by Gasteiger charge is -2.65. The molecule has 10 atom stereocenters. The van der Waals surface area contributed by atoms with Crippen molar-refractivity contribution >= 4 is 10.4 Å². The summed E-state index contributed by atoms with van der Waals surface area (Å²) < 4.78 is 38.3. The SMILES string of the molecule is CC(C)CCC[C@@H](C)[C@H]1CC[C@H]2[C@@H]3C[C@@H](O)[C@@]4(O)C[C@@H](OS(=O)(=O)[O-])CC[C@]4(C)[C@H]3CC[C@]12C. The van der Waals surface area contributed by atoms with E-state index in [1.165, 1.54) is 32.1 Å². The summed E-state index contributed by atoms with van der Waals surface area (Å²) in [5, 5.41) is 23.1. The average molecular weight is 500 g/mol. The lowest BCUT2D eigenvalue weighted by molar-refractivity contribution is -0.263. The Morgan fingerprint density at radius 3 is 2.38 bits per heavy atom. The summed E-state index contributed by atoms with van der Waals surface area (Å²) in [5.41, 5.74) is -1.62. The van der Waals surface area contributed by atoms with Crippen LogP contribution in [0.4, 0.5) is 0 Å². The van der Waals surface area contributed by atoms with E-state index < -0.39 is 33.6 Å². The van der Waals surface area contributed by atoms with Gasteiger partial charge in [0.2, 0.25) is 10.4 Å². The zero-order valence-electron chi connectivity index (χ0n) is 21.8. The molecule has 198 valence electrons. The van der Waals surface area contributed by atoms with E-state index in [0.717, 1.165) is 24.7 Å². The first kappa shape index (κ1) is 26.8. The molecular formula is C27H47O6S-. The van der Waals surface area contributed by atoms with Gasteiger partial charge in [0.25, 0.3) is 0 Å². The summed E-state index contributed by atoms with van der Waals surface area (Å²) in [5.74, 6) is 3.45. The van der Waals surface area contributed by atoms with E-state index >= 15 is 0 Å². The van der Waals surface area contributed by atoms with E-state index in [1.54, 1.807) is 0 Å². The Morgan fingerprint density at radius 2 is 1.74 bits per heavy atom. The van der Waals surface area contributed by atoms with Crippen molar-refractivity contribution in [1.29, 1.82) is 0 Å². The summed E-state index contributed by atoms with van der Waals surface area (Å²) >= 11 is 0. The Morgan fingerprint density at radius 1 is 1.03 bits per heavy atom. The number of aliphatic hydroxyl groups is 2. The molecule has 0 aliphatic heterocycles. The molecule has 2 N–H and O–H groups in total. The standard InChI is InChI=1S/C27H48O6S/c1-17(2)7-6-8-18(3)21-9-10-22-20-15-24(28)27(29)16-19(33-34(30,31)32)11-14-26(27,5)23(20)12-13-25(21,22)4/h17-24,28-29H,6-16H2,1-5H3,(H,30,31,32)/p-1/t18-,19+,20+,21-,22+,23+,24-,25-,26-,27+/m1/s1. The largest absolute Gasteiger partial charge is 0.726 e. The average Bonchev–Trinajstić information content (AvgIpc) is 3.06. The maximum absolute atomic E-state index is 11.8. The molecule has 0 heterocycles. The van der Waals surface area contributed by atoms with E-state index in [9.17, 15) is 23.2 Å². The number of aliphatic hydroxyl groups excluding tert-OH is 1. The molecule has 0 aromatic heterocycles. The van der Waals surface area contributed by atoms with Gasteiger partial charge in [0.1, 0.15) is 0 Å². The van der Waals surface area contributed by atoms with Crippen LogP contribution < -0.4 is 0 Å². The summed E-state index contributed by atoms with van der Waals surface area (Å²) in [6.45, 7) is 11.6. The molecule has 0 bridgehead atoms. The van der Waals surface area contributed by atoms with Crippen molar-refractivity contribution in [1.82, 2.24) is 0 Å². The van der Waals surface area contributed by atoms with Crippen LogP contribution in [-0.2, 0) is 14.6 Å². The molecule has 4 aliphatic carbocycles. The van der Waals surface area contributed by atoms with Crippen LogP contribution in [0.3, 0.4) is 0 Å². The summed E-state index contributed by atoms with van der Waals surface area (Å²) in [6.07, 6.45) is 8.34. The Labute approximate surface area is 207 Å². The van der Waals surface area contributed by atoms with E-state index in [2.05, 4.69) is 34.6 Å². The first-order valence-corrected chi connectivity index (χ1v) is 15.1. The fourth-order valence-electron chi connectivity index (χ4n) is 9.52. The van der Waals surface area contributed by atoms with Crippen molar-refractivity contribution in [3.05, 3.63) is 0 Å². The second kappa shape index (κ2) is 9.27. The van der Waals surface area contributed by atoms with E-state index in [-0.39, 0.29) is 6.42 Å². The number of rotatable bonds is 7. The predicted octanol–water partition coefficient (Wildman–Crippen LogP) is 5.04. The molecule has 4 rings (SSSR count). The monoisotopic (exact) mass is 499 g/mol. The van der Waals surface area contributed by atoms with Gasteiger partial charge in [-0.05, 0) is 85.9 Å². The van der Waals surface area contributed by atoms with Gasteiger partial charge in [0.05, 0.1) is 17.8 Å². The highest BCUT2D eigenvalue weighted by Crippen LogP contribution is 2.69. The van der Waals surface area contributed by atoms with Crippen LogP contribution in [0.15, 0.2) is 0 Å². The van der Waals surface area contributed by atoms with Gasteiger partial charge in [-0.3, -0.25) is 4.18 Å². The van der Waals surface area contributed by atoms with Gasteiger partial charge in [-0.1, -0.05) is 53.9 Å². The van der Waals surface area contributed by atoms with Crippen LogP contribution in [-0.4, -0.2) is 41.0 Å². The highest BCUT2D eigenvalue weighted by molar-refractivity contribution is 7.80. The molecule has 6 nitrogen and oxygen atoms in total. The number of fused-ring (bicyclic) bond motifs is 5. The molecule has 4 aliphatic rings. The minimum atomic E-state index is -4.84. The van der Waals surface area contributed by atoms with Crippen LogP contribution in [0.25, 0.3) is 0 Å². The minimum Gasteiger partial charge on any atom is -0.726 e. The second-order valence-corrected chi connectivity index (χ2v) is 14.4. The molecule has 0 unspecified atom stereocenters. The second-order valence-electron chi connectivity index (χ2n) is 13.4. The van der Waals surface area contributed by atoms with Crippen LogP contribution in [0.5, 0.6) is 0 Å². The maximum Gasteiger partial charge on any atom is 0.217 e. The zero-order valence-corrected chi connectivity index (χ0v) is 22.6. The van der Waals surface area contributed by atoms with E-state index in [0.29, 0.717) is 48.3 Å². The maximum atomic E-state index is 11.8. The van der Waals surface area contributed by atoms with Crippen LogP contribution in [0, 0.1) is 46.3 Å². The van der Waals surface area contributed by atoms with Crippen molar-refractivity contribution < 1.29 is 27.4 Å². The van der Waals surface area contributed by atoms with Crippen molar-refractivity contribution in [2.45, 2.75) is 123 Å². The molecule has 0 aromatic carbocycles. The minimum absolute atomic E-state index is 0.00675. The normalized spacial score (nSPS) is 47.7. The molecule has 7 heteroatoms. The lowest BCUT2D eigenvalue weighted by Crippen LogP contribution is -2.68. The van der Waals surface area contributed by atoms with Gasteiger partial charge in [0.15, 0.2) is 0 Å². The fraction of sp³-hybridized carbons (Fsp3) is 1.00. The van der Waals surface area contributed by atoms with Gasteiger partial charge in [-0.15, -0.1) is 0 Å². The van der Waals surface area contributed by atoms with Gasteiger partial charge >= 0.3 is 0 Å². The van der Waals surface area contributed by atoms with Crippen molar-refractivity contribution in [3.63, 3.8) is 0 Å². The van der Waals surface area contributed by atoms with E-state index in [1.807, 2.05) is 0 Å². The van der Waals surface area contributed by atoms with Gasteiger partial charge in [0, 0.05) is 11.8 Å². The molecule has 34 heavy (non-hydrogen) atoms. The third-order valence-corrected chi connectivity index (χ3v) is 11.8. The van der Waals surface area contributed by atoms with Gasteiger partial charge in [-0.2, -0.15) is 0 Å². The Hall–Kier alpha value is -0.210. The molecule has 0 spiro atoms. The molecule has 0 radical (unpaired) electrons. The molecule has 0 amide bonds. The zero-order chi connectivity index (χ0) is 25.1. The molecule has 4 saturated carbocycles. The van der Waals surface area contributed by atoms with E-state index in [4.69, 9.17) is 4.18 Å². The molecule has 0 aromatic rings. The predicted molar refractivity (Wildman–Crippen MR) is 130 cm³/mol. The third kappa shape index (κ3) is 4.51. The Kier molecular flexibility index (Phi) is 7.32. The number of hydrogen-bond donors (Lipinski definition) is 2. The lowest BCUT2D eigenvalue weighted by atomic mass is 9.42. The topological polar surface area (TPSA) is 107 Å². The Balaban J connectivity index is 1.52. The smallest absolute Gasteiger partial charge is 0.217 e. The highest BCUT2D eigenvalue weighted by atomic mass is 32.3. The first-order valence-electron chi connectivity index (χ1n) is 13.8. The van der Waals surface area contributed by atoms with Crippen LogP contribution in [0.2, 0.25) is 0 Å². The van der Waals surface area contributed by atoms with Crippen molar-refractivity contribution in [3.8, 4) is 0 Å². The number of hydrogen-bond acceptors (Lipinski definition) is 6. The first-order chi connectivity index (χ1) is 15.7. The van der Waals surface area contributed by atoms with Gasteiger partial charge < -0.3 is 14.8 Å². The highest BCUT2D eigenvalue weighted by Gasteiger charge is 2.67. The fourth-order valence-corrected chi connectivity index (χ4v) is 10.0. The molecule has 4 fully saturated rings. The molecular weight excluding hydrogens is 452 g/mol. The summed E-state index contributed by atoms with van der Waals surface area (Å²) in [6, 6.07) is 0. The third-order valence-electron chi connectivity index (χ3n) is 11.3. The molecule has 0 saturated heterocycles. The quantitative estimate of drug-likeness (QED) is 0.375.